The van der Waals surface area contributed by atoms with Gasteiger partial charge in [0, 0.05) is 9.84 Å². The molecule has 1 nitrogen and oxygen atoms in total. The van der Waals surface area contributed by atoms with Gasteiger partial charge in [-0.2, -0.15) is 0 Å². The highest BCUT2D eigenvalue weighted by Crippen LogP contribution is 2.27. The summed E-state index contributed by atoms with van der Waals surface area (Å²) < 4.78 is 0.703. The van der Waals surface area contributed by atoms with E-state index in [2.05, 4.69) is 88.6 Å². The van der Waals surface area contributed by atoms with E-state index in [4.69, 9.17) is 0 Å². The van der Waals surface area contributed by atoms with E-state index in [1.54, 1.807) is 0 Å². The van der Waals surface area contributed by atoms with Crippen LogP contribution in [0, 0.1) is 5.92 Å². The van der Waals surface area contributed by atoms with Crippen molar-refractivity contribution in [2.75, 3.05) is 13.1 Å². The van der Waals surface area contributed by atoms with Crippen LogP contribution in [0.25, 0.3) is 0 Å². The van der Waals surface area contributed by atoms with E-state index in [0.29, 0.717) is 9.84 Å². The van der Waals surface area contributed by atoms with Crippen molar-refractivity contribution >= 4 is 22.6 Å². The highest BCUT2D eigenvalue weighted by Gasteiger charge is 2.18. The number of nitrogens with one attached hydrogen (secondary N) is 1. The summed E-state index contributed by atoms with van der Waals surface area (Å²) in [7, 11) is 0. The zero-order valence-electron chi connectivity index (χ0n) is 13.6. The van der Waals surface area contributed by atoms with Crippen molar-refractivity contribution in [3.05, 3.63) is 71.8 Å². The maximum atomic E-state index is 3.66. The molecule has 0 heterocycles. The van der Waals surface area contributed by atoms with Crippen molar-refractivity contribution in [3.63, 3.8) is 0 Å². The quantitative estimate of drug-likeness (QED) is 0.282. The van der Waals surface area contributed by atoms with Crippen LogP contribution in [0.1, 0.15) is 37.2 Å². The van der Waals surface area contributed by atoms with Crippen LogP contribution in [-0.2, 0) is 0 Å². The molecule has 0 bridgehead atoms. The van der Waals surface area contributed by atoms with E-state index < -0.39 is 0 Å². The Morgan fingerprint density at radius 2 is 2.00 bits per heavy atom. The number of hydrogen-bond donors (Lipinski definition) is 1. The van der Waals surface area contributed by atoms with Gasteiger partial charge in [0.15, 0.2) is 0 Å². The maximum Gasteiger partial charge on any atom is 0.0329 e. The lowest BCUT2D eigenvalue weighted by Crippen LogP contribution is -2.29. The number of alkyl halides is 1. The minimum Gasteiger partial charge on any atom is -0.316 e. The van der Waals surface area contributed by atoms with Gasteiger partial charge < -0.3 is 5.32 Å². The Hall–Kier alpha value is -0.870. The first kappa shape index (κ1) is 17.0. The SMILES string of the molecule is I[C@@H]1C=CCCC1CNCCC1=CC[C@@H](c2ccccc2)C=C1. The molecule has 1 N–H and O–H groups in total. The van der Waals surface area contributed by atoms with E-state index in [1.807, 2.05) is 0 Å². The van der Waals surface area contributed by atoms with Crippen LogP contribution in [0.5, 0.6) is 0 Å². The van der Waals surface area contributed by atoms with Gasteiger partial charge in [-0.25, -0.2) is 0 Å². The number of hydrogen-bond acceptors (Lipinski definition) is 1. The third-order valence-electron chi connectivity index (χ3n) is 4.88. The van der Waals surface area contributed by atoms with Gasteiger partial charge in [0.1, 0.15) is 0 Å². The largest absolute Gasteiger partial charge is 0.316 e. The fourth-order valence-corrected chi connectivity index (χ4v) is 4.29. The molecule has 2 aliphatic rings. The highest BCUT2D eigenvalue weighted by molar-refractivity contribution is 14.1. The average Bonchev–Trinajstić information content (AvgIpc) is 2.61. The van der Waals surface area contributed by atoms with Gasteiger partial charge in [-0.15, -0.1) is 0 Å². The van der Waals surface area contributed by atoms with Gasteiger partial charge in [0.05, 0.1) is 0 Å². The Labute approximate surface area is 154 Å². The first-order valence-corrected chi connectivity index (χ1v) is 10.0. The van der Waals surface area contributed by atoms with Gasteiger partial charge in [0.25, 0.3) is 0 Å². The minimum atomic E-state index is 0.557. The van der Waals surface area contributed by atoms with Gasteiger partial charge in [-0.1, -0.05) is 88.9 Å². The van der Waals surface area contributed by atoms with Crippen molar-refractivity contribution in [2.24, 2.45) is 5.92 Å². The molecule has 0 saturated heterocycles. The molecule has 0 aromatic heterocycles. The summed E-state index contributed by atoms with van der Waals surface area (Å²) in [6.07, 6.45) is 16.7. The normalized spacial score (nSPS) is 27.0. The average molecular weight is 419 g/mol. The molecule has 3 atom stereocenters. The molecular weight excluding hydrogens is 393 g/mol. The summed E-state index contributed by atoms with van der Waals surface area (Å²) >= 11 is 2.57. The molecule has 23 heavy (non-hydrogen) atoms. The van der Waals surface area contributed by atoms with Gasteiger partial charge in [0.2, 0.25) is 0 Å². The standard InChI is InChI=1S/C21H26IN/c22-21-9-5-4-8-20(21)16-23-15-14-17-10-12-19(13-11-17)18-6-2-1-3-7-18/h1-3,5-7,9-12,19-21,23H,4,8,13-16H2/t19-,20?,21+/m0/s1. The predicted octanol–water partition coefficient (Wildman–Crippen LogP) is 5.41. The van der Waals surface area contributed by atoms with Crippen LogP contribution in [0.15, 0.2) is 66.3 Å². The molecule has 0 fully saturated rings. The number of halogens is 1. The molecule has 2 heteroatoms. The molecule has 1 unspecified atom stereocenters. The fourth-order valence-electron chi connectivity index (χ4n) is 3.39. The fraction of sp³-hybridized carbons (Fsp3) is 0.429. The summed E-state index contributed by atoms with van der Waals surface area (Å²) in [6.45, 7) is 2.25. The maximum absolute atomic E-state index is 3.66. The summed E-state index contributed by atoms with van der Waals surface area (Å²) in [6, 6.07) is 10.8. The molecule has 0 spiro atoms. The summed E-state index contributed by atoms with van der Waals surface area (Å²) in [5.74, 6) is 1.36. The zero-order valence-corrected chi connectivity index (χ0v) is 15.8. The monoisotopic (exact) mass is 419 g/mol. The van der Waals surface area contributed by atoms with Gasteiger partial charge >= 0.3 is 0 Å². The van der Waals surface area contributed by atoms with Gasteiger partial charge in [-0.3, -0.25) is 0 Å². The Morgan fingerprint density at radius 3 is 2.74 bits per heavy atom. The molecule has 0 amide bonds. The van der Waals surface area contributed by atoms with Crippen molar-refractivity contribution in [3.8, 4) is 0 Å². The Balaban J connectivity index is 1.38. The van der Waals surface area contributed by atoms with E-state index >= 15 is 0 Å². The second-order valence-corrected chi connectivity index (χ2v) is 7.99. The topological polar surface area (TPSA) is 12.0 Å². The number of rotatable bonds is 6. The third-order valence-corrected chi connectivity index (χ3v) is 6.31. The molecule has 0 aliphatic heterocycles. The first-order valence-electron chi connectivity index (χ1n) is 8.76. The second kappa shape index (κ2) is 8.84. The van der Waals surface area contributed by atoms with E-state index in [0.717, 1.165) is 31.8 Å². The molecule has 0 saturated carbocycles. The third kappa shape index (κ3) is 5.05. The highest BCUT2D eigenvalue weighted by atomic mass is 127. The van der Waals surface area contributed by atoms with Crippen molar-refractivity contribution in [1.82, 2.24) is 5.32 Å². The molecule has 3 rings (SSSR count). The number of benzene rings is 1. The van der Waals surface area contributed by atoms with Crippen LogP contribution >= 0.6 is 22.6 Å². The van der Waals surface area contributed by atoms with Crippen molar-refractivity contribution in [2.45, 2.75) is 35.5 Å². The lowest BCUT2D eigenvalue weighted by Gasteiger charge is -2.23. The van der Waals surface area contributed by atoms with E-state index in [1.165, 1.54) is 24.0 Å². The van der Waals surface area contributed by atoms with E-state index in [9.17, 15) is 0 Å². The Bertz CT molecular complexity index is 573. The summed E-state index contributed by atoms with van der Waals surface area (Å²) in [5.41, 5.74) is 2.91. The number of allylic oxidation sites excluding steroid dienone is 5. The smallest absolute Gasteiger partial charge is 0.0329 e. The van der Waals surface area contributed by atoms with Crippen LogP contribution in [0.2, 0.25) is 0 Å². The molecule has 1 aromatic carbocycles. The van der Waals surface area contributed by atoms with E-state index in [-0.39, 0.29) is 0 Å². The summed E-state index contributed by atoms with van der Waals surface area (Å²) in [4.78, 5) is 0. The van der Waals surface area contributed by atoms with Crippen LogP contribution in [0.4, 0.5) is 0 Å². The van der Waals surface area contributed by atoms with Crippen LogP contribution in [0.3, 0.4) is 0 Å². The second-order valence-electron chi connectivity index (χ2n) is 6.56. The summed E-state index contributed by atoms with van der Waals surface area (Å²) in [5, 5.41) is 3.66. The van der Waals surface area contributed by atoms with Crippen LogP contribution in [-0.4, -0.2) is 17.0 Å². The van der Waals surface area contributed by atoms with Crippen LogP contribution < -0.4 is 5.32 Å². The minimum absolute atomic E-state index is 0.557. The first-order chi connectivity index (χ1) is 11.3. The lowest BCUT2D eigenvalue weighted by atomic mass is 9.89. The molecule has 0 radical (unpaired) electrons. The van der Waals surface area contributed by atoms with Gasteiger partial charge in [-0.05, 0) is 50.3 Å². The Kier molecular flexibility index (Phi) is 6.52. The predicted molar refractivity (Wildman–Crippen MR) is 108 cm³/mol. The van der Waals surface area contributed by atoms with Crippen molar-refractivity contribution in [1.29, 1.82) is 0 Å². The molecule has 1 aromatic rings. The molecule has 2 aliphatic carbocycles. The Morgan fingerprint density at radius 1 is 1.13 bits per heavy atom. The lowest BCUT2D eigenvalue weighted by molar-refractivity contribution is 0.459. The van der Waals surface area contributed by atoms with Crippen molar-refractivity contribution < 1.29 is 0 Å². The molecular formula is C21H26IN. The molecule has 122 valence electrons. The zero-order chi connectivity index (χ0) is 15.9.